The van der Waals surface area contributed by atoms with Crippen LogP contribution >= 0.6 is 0 Å². The third-order valence-electron chi connectivity index (χ3n) is 5.02. The number of nitrogens with one attached hydrogen (secondary N) is 1. The molecule has 4 aromatic rings. The van der Waals surface area contributed by atoms with Crippen molar-refractivity contribution in [3.63, 3.8) is 0 Å². The van der Waals surface area contributed by atoms with Crippen molar-refractivity contribution in [2.24, 2.45) is 0 Å². The van der Waals surface area contributed by atoms with Gasteiger partial charge in [0, 0.05) is 17.4 Å². The highest BCUT2D eigenvalue weighted by atomic mass is 16.5. The zero-order chi connectivity index (χ0) is 21.1. The second-order valence-corrected chi connectivity index (χ2v) is 7.34. The maximum absolute atomic E-state index is 13.1. The van der Waals surface area contributed by atoms with Crippen LogP contribution in [-0.2, 0) is 9.53 Å². The number of carbonyl (C=O) groups excluding carboxylic acids is 1. The van der Waals surface area contributed by atoms with Crippen LogP contribution in [0.5, 0.6) is 0 Å². The number of nitrogens with zero attached hydrogens (tertiary/aromatic N) is 2. The van der Waals surface area contributed by atoms with Gasteiger partial charge in [0.1, 0.15) is 5.65 Å². The molecule has 4 rings (SSSR count). The number of rotatable bonds is 6. The number of aromatic nitrogens is 2. The van der Waals surface area contributed by atoms with Crippen molar-refractivity contribution in [1.82, 2.24) is 9.38 Å². The molecule has 1 N–H and O–H groups in total. The maximum atomic E-state index is 13.1. The van der Waals surface area contributed by atoms with Crippen LogP contribution in [0.2, 0.25) is 0 Å². The average molecular weight is 399 g/mol. The molecule has 0 amide bonds. The van der Waals surface area contributed by atoms with Gasteiger partial charge in [0.05, 0.1) is 18.0 Å². The van der Waals surface area contributed by atoms with E-state index in [2.05, 4.69) is 5.32 Å². The molecule has 0 aliphatic carbocycles. The fraction of sp³-hybridized carbons (Fsp3) is 0.200. The predicted octanol–water partition coefficient (Wildman–Crippen LogP) is 5.33. The third kappa shape index (κ3) is 3.92. The number of anilines is 1. The predicted molar refractivity (Wildman–Crippen MR) is 120 cm³/mol. The molecule has 1 atom stereocenters. The summed E-state index contributed by atoms with van der Waals surface area (Å²) in [5.41, 5.74) is 6.38. The molecular formula is C25H25N3O2. The summed E-state index contributed by atoms with van der Waals surface area (Å²) in [6.07, 6.45) is 1.96. The summed E-state index contributed by atoms with van der Waals surface area (Å²) >= 11 is 0. The average Bonchev–Trinajstić information content (AvgIpc) is 3.12. The van der Waals surface area contributed by atoms with E-state index in [1.165, 1.54) is 0 Å². The molecule has 0 aliphatic rings. The van der Waals surface area contributed by atoms with Crippen LogP contribution in [0.15, 0.2) is 72.9 Å². The summed E-state index contributed by atoms with van der Waals surface area (Å²) < 4.78 is 7.42. The minimum atomic E-state index is -0.708. The fourth-order valence-electron chi connectivity index (χ4n) is 3.53. The first kappa shape index (κ1) is 19.7. The molecule has 0 saturated carbocycles. The van der Waals surface area contributed by atoms with E-state index in [-0.39, 0.29) is 5.97 Å². The van der Waals surface area contributed by atoms with Gasteiger partial charge in [-0.2, -0.15) is 0 Å². The third-order valence-corrected chi connectivity index (χ3v) is 5.02. The second kappa shape index (κ2) is 8.41. The Balaban J connectivity index is 1.91. The van der Waals surface area contributed by atoms with Crippen LogP contribution in [0.3, 0.4) is 0 Å². The molecule has 2 aromatic heterocycles. The lowest BCUT2D eigenvalue weighted by Crippen LogP contribution is -2.25. The van der Waals surface area contributed by atoms with Crippen LogP contribution in [0.25, 0.3) is 16.9 Å². The molecular weight excluding hydrogens is 374 g/mol. The number of carbonyl (C=O) groups is 1. The number of benzene rings is 2. The Labute approximate surface area is 176 Å². The highest BCUT2D eigenvalue weighted by Crippen LogP contribution is 2.32. The van der Waals surface area contributed by atoms with Gasteiger partial charge in [0.15, 0.2) is 6.04 Å². The molecule has 5 heteroatoms. The Kier molecular flexibility index (Phi) is 5.53. The van der Waals surface area contributed by atoms with Gasteiger partial charge in [-0.05, 0) is 50.6 Å². The van der Waals surface area contributed by atoms with Crippen molar-refractivity contribution in [3.8, 4) is 11.3 Å². The fourth-order valence-corrected chi connectivity index (χ4v) is 3.53. The molecule has 2 heterocycles. The van der Waals surface area contributed by atoms with Gasteiger partial charge >= 0.3 is 5.97 Å². The zero-order valence-corrected chi connectivity index (χ0v) is 17.4. The molecule has 30 heavy (non-hydrogen) atoms. The van der Waals surface area contributed by atoms with E-state index in [9.17, 15) is 4.79 Å². The number of pyridine rings is 1. The molecule has 5 nitrogen and oxygen atoms in total. The number of hydrogen-bond acceptors (Lipinski definition) is 4. The minimum Gasteiger partial charge on any atom is -0.464 e. The monoisotopic (exact) mass is 399 g/mol. The summed E-state index contributed by atoms with van der Waals surface area (Å²) in [7, 11) is 0. The summed E-state index contributed by atoms with van der Waals surface area (Å²) in [6, 6.07) is 21.2. The number of aryl methyl sites for hydroxylation is 2. The highest BCUT2D eigenvalue weighted by molar-refractivity contribution is 5.84. The molecule has 0 radical (unpaired) electrons. The molecule has 0 spiro atoms. The van der Waals surface area contributed by atoms with Crippen LogP contribution in [0.4, 0.5) is 5.69 Å². The first-order valence-electron chi connectivity index (χ1n) is 10.1. The number of imidazole rings is 1. The Morgan fingerprint density at radius 2 is 1.77 bits per heavy atom. The summed E-state index contributed by atoms with van der Waals surface area (Å²) in [5, 5.41) is 3.37. The first-order chi connectivity index (χ1) is 14.6. The van der Waals surface area contributed by atoms with E-state index in [1.54, 1.807) is 0 Å². The maximum Gasteiger partial charge on any atom is 0.334 e. The Bertz CT molecular complexity index is 1160. The zero-order valence-electron chi connectivity index (χ0n) is 17.4. The van der Waals surface area contributed by atoms with Crippen LogP contribution < -0.4 is 5.32 Å². The normalized spacial score (nSPS) is 12.0. The standard InChI is InChI=1S/C25H25N3O2/c1-4-30-25(29)23(26-20-12-10-17(2)11-13-20)24-22(19-8-6-5-7-9-19)27-21-16-18(3)14-15-28(21)24/h5-16,23,26H,4H2,1-3H3. The van der Waals surface area contributed by atoms with Crippen molar-refractivity contribution in [2.45, 2.75) is 26.8 Å². The lowest BCUT2D eigenvalue weighted by Gasteiger charge is -2.20. The van der Waals surface area contributed by atoms with Gasteiger partial charge in [-0.15, -0.1) is 0 Å². The minimum absolute atomic E-state index is 0.307. The van der Waals surface area contributed by atoms with Gasteiger partial charge in [-0.25, -0.2) is 9.78 Å². The molecule has 0 aliphatic heterocycles. The van der Waals surface area contributed by atoms with E-state index in [0.717, 1.165) is 39.4 Å². The lowest BCUT2D eigenvalue weighted by molar-refractivity contribution is -0.144. The van der Waals surface area contributed by atoms with Crippen molar-refractivity contribution >= 4 is 17.3 Å². The van der Waals surface area contributed by atoms with Gasteiger partial charge < -0.3 is 14.5 Å². The summed E-state index contributed by atoms with van der Waals surface area (Å²) in [4.78, 5) is 18.0. The van der Waals surface area contributed by atoms with E-state index in [1.807, 2.05) is 98.1 Å². The number of ether oxygens (including phenoxy) is 1. The Morgan fingerprint density at radius 1 is 1.03 bits per heavy atom. The number of fused-ring (bicyclic) bond motifs is 1. The second-order valence-electron chi connectivity index (χ2n) is 7.34. The summed E-state index contributed by atoms with van der Waals surface area (Å²) in [5.74, 6) is -0.336. The summed E-state index contributed by atoms with van der Waals surface area (Å²) in [6.45, 7) is 6.19. The molecule has 152 valence electrons. The Morgan fingerprint density at radius 3 is 2.47 bits per heavy atom. The van der Waals surface area contributed by atoms with E-state index < -0.39 is 6.04 Å². The van der Waals surface area contributed by atoms with Crippen molar-refractivity contribution in [1.29, 1.82) is 0 Å². The quantitative estimate of drug-likeness (QED) is 0.445. The Hall–Kier alpha value is -3.60. The number of hydrogen-bond donors (Lipinski definition) is 1. The molecule has 0 saturated heterocycles. The van der Waals surface area contributed by atoms with Gasteiger partial charge in [-0.1, -0.05) is 48.0 Å². The molecule has 2 aromatic carbocycles. The van der Waals surface area contributed by atoms with Crippen LogP contribution in [0, 0.1) is 13.8 Å². The van der Waals surface area contributed by atoms with Gasteiger partial charge in [0.2, 0.25) is 0 Å². The lowest BCUT2D eigenvalue weighted by atomic mass is 10.0. The van der Waals surface area contributed by atoms with Crippen molar-refractivity contribution in [2.75, 3.05) is 11.9 Å². The highest BCUT2D eigenvalue weighted by Gasteiger charge is 2.30. The first-order valence-corrected chi connectivity index (χ1v) is 10.1. The van der Waals surface area contributed by atoms with Crippen molar-refractivity contribution < 1.29 is 9.53 Å². The van der Waals surface area contributed by atoms with E-state index >= 15 is 0 Å². The van der Waals surface area contributed by atoms with Crippen LogP contribution in [0.1, 0.15) is 29.8 Å². The van der Waals surface area contributed by atoms with Crippen LogP contribution in [-0.4, -0.2) is 22.0 Å². The molecule has 0 bridgehead atoms. The molecule has 1 unspecified atom stereocenters. The smallest absolute Gasteiger partial charge is 0.334 e. The van der Waals surface area contributed by atoms with Gasteiger partial charge in [0.25, 0.3) is 0 Å². The molecule has 0 fully saturated rings. The number of esters is 1. The van der Waals surface area contributed by atoms with Gasteiger partial charge in [-0.3, -0.25) is 0 Å². The van der Waals surface area contributed by atoms with Crippen molar-refractivity contribution in [3.05, 3.63) is 89.7 Å². The SMILES string of the molecule is CCOC(=O)C(Nc1ccc(C)cc1)c1c(-c2ccccc2)nc2cc(C)ccn12. The largest absolute Gasteiger partial charge is 0.464 e. The van der Waals surface area contributed by atoms with E-state index in [0.29, 0.717) is 6.61 Å². The topological polar surface area (TPSA) is 55.6 Å². The van der Waals surface area contributed by atoms with E-state index in [4.69, 9.17) is 9.72 Å².